The van der Waals surface area contributed by atoms with Gasteiger partial charge in [0.25, 0.3) is 0 Å². The molecule has 0 spiro atoms. The molecule has 3 N–H and O–H groups in total. The summed E-state index contributed by atoms with van der Waals surface area (Å²) in [6.45, 7) is 18.8. The molecule has 1 atom stereocenters. The molecule has 5 rings (SSSR count). The van der Waals surface area contributed by atoms with Crippen LogP contribution < -0.4 is 20.9 Å². The molecule has 1 fully saturated rings. The van der Waals surface area contributed by atoms with Gasteiger partial charge in [0, 0.05) is 56.5 Å². The van der Waals surface area contributed by atoms with Crippen molar-refractivity contribution >= 4 is 31.5 Å². The fraction of sp³-hybridized carbons (Fsp3) is 0.467. The second-order valence-corrected chi connectivity index (χ2v) is 17.4. The number of benzene rings is 1. The first kappa shape index (κ1) is 28.0. The Labute approximate surface area is 238 Å². The molecule has 1 aromatic carbocycles. The molecular formula is C30H40N8OSi. The Morgan fingerprint density at radius 3 is 2.60 bits per heavy atom. The van der Waals surface area contributed by atoms with Gasteiger partial charge >= 0.3 is 0 Å². The molecule has 2 aliphatic heterocycles. The molecule has 9 nitrogen and oxygen atoms in total. The van der Waals surface area contributed by atoms with Gasteiger partial charge in [0.15, 0.2) is 8.32 Å². The first-order valence-electron chi connectivity index (χ1n) is 14.0. The predicted molar refractivity (Wildman–Crippen MR) is 164 cm³/mol. The van der Waals surface area contributed by atoms with E-state index >= 15 is 0 Å². The largest absolute Gasteiger partial charge is 0.416 e. The second-order valence-electron chi connectivity index (χ2n) is 12.6. The molecule has 0 saturated carbocycles. The van der Waals surface area contributed by atoms with E-state index in [0.29, 0.717) is 23.9 Å². The van der Waals surface area contributed by atoms with Crippen LogP contribution in [0.2, 0.25) is 18.1 Å². The van der Waals surface area contributed by atoms with Crippen molar-refractivity contribution in [3.63, 3.8) is 0 Å². The molecule has 10 heteroatoms. The first-order chi connectivity index (χ1) is 19.0. The van der Waals surface area contributed by atoms with E-state index in [0.717, 1.165) is 60.9 Å². The zero-order valence-electron chi connectivity index (χ0n) is 24.4. The van der Waals surface area contributed by atoms with Crippen molar-refractivity contribution in [2.45, 2.75) is 51.2 Å². The molecule has 1 unspecified atom stereocenters. The summed E-state index contributed by atoms with van der Waals surface area (Å²) in [7, 11) is -1.93. The van der Waals surface area contributed by atoms with E-state index in [1.807, 2.05) is 24.4 Å². The topological polar surface area (TPSA) is 111 Å². The Hall–Kier alpha value is -3.52. The minimum Gasteiger partial charge on any atom is -0.416 e. The highest BCUT2D eigenvalue weighted by Crippen LogP contribution is 2.44. The zero-order valence-corrected chi connectivity index (χ0v) is 25.4. The van der Waals surface area contributed by atoms with Crippen molar-refractivity contribution in [3.8, 4) is 17.3 Å². The minimum absolute atomic E-state index is 0.127. The third-order valence-electron chi connectivity index (χ3n) is 8.54. The van der Waals surface area contributed by atoms with Crippen LogP contribution in [0.3, 0.4) is 0 Å². The van der Waals surface area contributed by atoms with Gasteiger partial charge in [-0.1, -0.05) is 27.7 Å². The van der Waals surface area contributed by atoms with Crippen LogP contribution in [0.15, 0.2) is 42.7 Å². The first-order valence-corrected chi connectivity index (χ1v) is 16.9. The second kappa shape index (κ2) is 10.8. The molecule has 0 amide bonds. The zero-order chi connectivity index (χ0) is 28.5. The van der Waals surface area contributed by atoms with E-state index < -0.39 is 8.32 Å². The van der Waals surface area contributed by atoms with E-state index in [-0.39, 0.29) is 10.5 Å². The van der Waals surface area contributed by atoms with Crippen molar-refractivity contribution < 1.29 is 4.43 Å². The van der Waals surface area contributed by atoms with Gasteiger partial charge in [-0.05, 0) is 54.0 Å². The molecule has 3 aromatic rings. The molecule has 0 aliphatic carbocycles. The van der Waals surface area contributed by atoms with E-state index in [9.17, 15) is 5.26 Å². The highest BCUT2D eigenvalue weighted by atomic mass is 28.4. The molecule has 40 heavy (non-hydrogen) atoms. The number of hydrogen-bond acceptors (Lipinski definition) is 9. The van der Waals surface area contributed by atoms with E-state index in [2.05, 4.69) is 89.8 Å². The minimum atomic E-state index is -1.93. The summed E-state index contributed by atoms with van der Waals surface area (Å²) in [5.41, 5.74) is 5.09. The number of anilines is 4. The number of aromatic nitrogens is 3. The van der Waals surface area contributed by atoms with Crippen LogP contribution in [0.25, 0.3) is 11.3 Å². The smallest absolute Gasteiger partial charge is 0.228 e. The van der Waals surface area contributed by atoms with Crippen LogP contribution in [0.5, 0.6) is 0 Å². The van der Waals surface area contributed by atoms with Gasteiger partial charge in [-0.15, -0.1) is 0 Å². The van der Waals surface area contributed by atoms with Crippen molar-refractivity contribution in [1.82, 2.24) is 20.3 Å². The highest BCUT2D eigenvalue weighted by molar-refractivity contribution is 6.74. The summed E-state index contributed by atoms with van der Waals surface area (Å²) < 4.78 is 6.66. The molecule has 2 aliphatic rings. The summed E-state index contributed by atoms with van der Waals surface area (Å²) in [4.78, 5) is 16.1. The van der Waals surface area contributed by atoms with Crippen molar-refractivity contribution in [1.29, 1.82) is 5.26 Å². The van der Waals surface area contributed by atoms with Gasteiger partial charge in [0.1, 0.15) is 11.9 Å². The molecule has 4 heterocycles. The van der Waals surface area contributed by atoms with Gasteiger partial charge in [0.05, 0.1) is 28.8 Å². The third-order valence-corrected chi connectivity index (χ3v) is 13.0. The molecule has 210 valence electrons. The molecule has 0 radical (unpaired) electrons. The summed E-state index contributed by atoms with van der Waals surface area (Å²) in [6.07, 6.45) is 3.62. The maximum Gasteiger partial charge on any atom is 0.228 e. The van der Waals surface area contributed by atoms with Crippen LogP contribution in [-0.2, 0) is 9.84 Å². The van der Waals surface area contributed by atoms with Crippen LogP contribution >= 0.6 is 0 Å². The lowest BCUT2D eigenvalue weighted by molar-refractivity contribution is 0.220. The molecular weight excluding hydrogens is 516 g/mol. The lowest BCUT2D eigenvalue weighted by Crippen LogP contribution is -2.45. The Morgan fingerprint density at radius 2 is 1.93 bits per heavy atom. The van der Waals surface area contributed by atoms with Gasteiger partial charge in [-0.3, -0.25) is 0 Å². The monoisotopic (exact) mass is 556 g/mol. The Balaban J connectivity index is 1.38. The van der Waals surface area contributed by atoms with Crippen LogP contribution in [0, 0.1) is 11.3 Å². The quantitative estimate of drug-likeness (QED) is 0.335. The SMILES string of the molecule is CC1(CO[Si](C)(C)C(C)(C)C)CNc2c(C#N)cc(-c3ccnc(Nc4ccc(N5CCNCC5)cn4)n3)cc21. The molecule has 0 bridgehead atoms. The van der Waals surface area contributed by atoms with Crippen LogP contribution in [0.1, 0.15) is 38.8 Å². The number of hydrogen-bond donors (Lipinski definition) is 3. The van der Waals surface area contributed by atoms with Crippen molar-refractivity contribution in [2.24, 2.45) is 0 Å². The van der Waals surface area contributed by atoms with Crippen molar-refractivity contribution in [2.75, 3.05) is 54.9 Å². The third kappa shape index (κ3) is 5.68. The predicted octanol–water partition coefficient (Wildman–Crippen LogP) is 5.27. The highest BCUT2D eigenvalue weighted by Gasteiger charge is 2.42. The number of nitrogens with zero attached hydrogens (tertiary/aromatic N) is 5. The number of piperazine rings is 1. The van der Waals surface area contributed by atoms with Gasteiger partial charge in [-0.25, -0.2) is 15.0 Å². The number of nitrogens with one attached hydrogen (secondary N) is 3. The summed E-state index contributed by atoms with van der Waals surface area (Å²) in [6, 6.07) is 12.3. The van der Waals surface area contributed by atoms with E-state index in [1.54, 1.807) is 6.20 Å². The summed E-state index contributed by atoms with van der Waals surface area (Å²) in [5, 5.41) is 20.2. The van der Waals surface area contributed by atoms with Gasteiger partial charge in [-0.2, -0.15) is 5.26 Å². The normalized spacial score (nSPS) is 19.1. The number of rotatable bonds is 7. The maximum absolute atomic E-state index is 10.0. The Bertz CT molecular complexity index is 1410. The van der Waals surface area contributed by atoms with E-state index in [1.165, 1.54) is 0 Å². The average molecular weight is 557 g/mol. The van der Waals surface area contributed by atoms with Crippen LogP contribution in [-0.4, -0.2) is 62.6 Å². The maximum atomic E-state index is 10.0. The lowest BCUT2D eigenvalue weighted by atomic mass is 9.83. The Kier molecular flexibility index (Phi) is 7.57. The van der Waals surface area contributed by atoms with Gasteiger partial charge in [0.2, 0.25) is 5.95 Å². The number of fused-ring (bicyclic) bond motifs is 1. The Morgan fingerprint density at radius 1 is 1.15 bits per heavy atom. The fourth-order valence-corrected chi connectivity index (χ4v) is 5.99. The van der Waals surface area contributed by atoms with Gasteiger partial charge < -0.3 is 25.3 Å². The van der Waals surface area contributed by atoms with Crippen LogP contribution in [0.4, 0.5) is 23.1 Å². The fourth-order valence-electron chi connectivity index (χ4n) is 4.87. The summed E-state index contributed by atoms with van der Waals surface area (Å²) >= 11 is 0. The average Bonchev–Trinajstić information content (AvgIpc) is 3.28. The standard InChI is InChI=1S/C30H40N8OSi/c1-29(2,3)40(5,6)39-20-30(4)19-35-27-22(17-31)15-21(16-24(27)30)25-9-10-33-28(36-25)37-26-8-7-23(18-34-26)38-13-11-32-12-14-38/h7-10,15-16,18,32,35H,11-14,19-20H2,1-6H3,(H,33,34,36,37). The molecule has 2 aromatic heterocycles. The number of nitriles is 1. The van der Waals surface area contributed by atoms with Crippen molar-refractivity contribution in [3.05, 3.63) is 53.9 Å². The summed E-state index contributed by atoms with van der Waals surface area (Å²) in [5.74, 6) is 1.14. The molecule has 1 saturated heterocycles. The number of pyridine rings is 1. The van der Waals surface area contributed by atoms with E-state index in [4.69, 9.17) is 9.41 Å². The lowest BCUT2D eigenvalue weighted by Gasteiger charge is -2.39.